The van der Waals surface area contributed by atoms with Gasteiger partial charge in [-0.3, -0.25) is 9.59 Å². The molecule has 3 aromatic rings. The van der Waals surface area contributed by atoms with Crippen LogP contribution in [0.5, 0.6) is 17.2 Å². The van der Waals surface area contributed by atoms with E-state index in [1.54, 1.807) is 62.8 Å². The Labute approximate surface area is 187 Å². The van der Waals surface area contributed by atoms with Crippen molar-refractivity contribution in [3.63, 3.8) is 0 Å². The minimum Gasteiger partial charge on any atom is -0.497 e. The zero-order valence-corrected chi connectivity index (χ0v) is 18.3. The Morgan fingerprint density at radius 2 is 1.59 bits per heavy atom. The van der Waals surface area contributed by atoms with Gasteiger partial charge in [0.1, 0.15) is 17.2 Å². The van der Waals surface area contributed by atoms with Crippen LogP contribution < -0.4 is 24.8 Å². The maximum atomic E-state index is 12.7. The van der Waals surface area contributed by atoms with E-state index in [2.05, 4.69) is 10.6 Å². The van der Waals surface area contributed by atoms with Crippen molar-refractivity contribution in [3.05, 3.63) is 83.9 Å². The summed E-state index contributed by atoms with van der Waals surface area (Å²) in [6, 6.07) is 21.0. The molecule has 1 unspecified atom stereocenters. The van der Waals surface area contributed by atoms with Gasteiger partial charge in [-0.2, -0.15) is 0 Å². The normalized spacial score (nSPS) is 11.2. The Morgan fingerprint density at radius 1 is 0.875 bits per heavy atom. The topological polar surface area (TPSA) is 85.9 Å². The lowest BCUT2D eigenvalue weighted by molar-refractivity contribution is -0.123. The maximum absolute atomic E-state index is 12.7. The van der Waals surface area contributed by atoms with Gasteiger partial charge in [0.15, 0.2) is 6.61 Å². The van der Waals surface area contributed by atoms with Crippen molar-refractivity contribution in [2.24, 2.45) is 0 Å². The van der Waals surface area contributed by atoms with Crippen LogP contribution in [0.25, 0.3) is 0 Å². The number of para-hydroxylation sites is 2. The van der Waals surface area contributed by atoms with Crippen LogP contribution in [0, 0.1) is 0 Å². The van der Waals surface area contributed by atoms with Crippen LogP contribution in [0.15, 0.2) is 72.8 Å². The second-order valence-electron chi connectivity index (χ2n) is 7.00. The average molecular weight is 434 g/mol. The summed E-state index contributed by atoms with van der Waals surface area (Å²) in [6.45, 7) is 1.60. The number of nitrogens with one attached hydrogen (secondary N) is 2. The molecule has 3 rings (SSSR count). The number of hydrogen-bond acceptors (Lipinski definition) is 5. The molecule has 32 heavy (non-hydrogen) atoms. The number of benzene rings is 3. The Balaban J connectivity index is 1.64. The molecular formula is C25H26N2O5. The fourth-order valence-electron chi connectivity index (χ4n) is 3.18. The molecule has 0 aliphatic carbocycles. The standard InChI is InChI=1S/C25H26N2O5/c1-17(21-15-19(30-2)13-14-22(21)31-3)26-24(28)16-32-23-12-8-7-11-20(23)25(29)27-18-9-5-4-6-10-18/h4-15,17H,16H2,1-3H3,(H,26,28)(H,27,29). The van der Waals surface area contributed by atoms with Crippen molar-refractivity contribution in [3.8, 4) is 17.2 Å². The van der Waals surface area contributed by atoms with Crippen molar-refractivity contribution in [2.75, 3.05) is 26.1 Å². The zero-order chi connectivity index (χ0) is 22.9. The van der Waals surface area contributed by atoms with E-state index in [-0.39, 0.29) is 24.5 Å². The first kappa shape index (κ1) is 22.7. The molecule has 2 amide bonds. The highest BCUT2D eigenvalue weighted by atomic mass is 16.5. The molecule has 0 bridgehead atoms. The van der Waals surface area contributed by atoms with E-state index in [4.69, 9.17) is 14.2 Å². The molecule has 2 N–H and O–H groups in total. The van der Waals surface area contributed by atoms with Gasteiger partial charge < -0.3 is 24.8 Å². The van der Waals surface area contributed by atoms with Crippen molar-refractivity contribution in [2.45, 2.75) is 13.0 Å². The Morgan fingerprint density at radius 3 is 2.31 bits per heavy atom. The van der Waals surface area contributed by atoms with Crippen LogP contribution in [0.2, 0.25) is 0 Å². The van der Waals surface area contributed by atoms with E-state index in [9.17, 15) is 9.59 Å². The summed E-state index contributed by atoms with van der Waals surface area (Å²) in [4.78, 5) is 25.2. The van der Waals surface area contributed by atoms with E-state index < -0.39 is 0 Å². The number of anilines is 1. The number of amides is 2. The predicted octanol–water partition coefficient (Wildman–Crippen LogP) is 4.21. The molecule has 0 radical (unpaired) electrons. The molecule has 0 aliphatic rings. The molecule has 0 saturated carbocycles. The minimum atomic E-state index is -0.340. The maximum Gasteiger partial charge on any atom is 0.259 e. The SMILES string of the molecule is COc1ccc(OC)c(C(C)NC(=O)COc2ccccc2C(=O)Nc2ccccc2)c1. The van der Waals surface area contributed by atoms with E-state index in [1.807, 2.05) is 31.2 Å². The zero-order valence-electron chi connectivity index (χ0n) is 18.3. The summed E-state index contributed by atoms with van der Waals surface area (Å²) in [5.74, 6) is 0.976. The number of hydrogen-bond donors (Lipinski definition) is 2. The first-order valence-electron chi connectivity index (χ1n) is 10.1. The fraction of sp³-hybridized carbons (Fsp3) is 0.200. The first-order valence-corrected chi connectivity index (χ1v) is 10.1. The molecule has 0 spiro atoms. The second-order valence-corrected chi connectivity index (χ2v) is 7.00. The molecule has 0 aliphatic heterocycles. The Hall–Kier alpha value is -4.00. The van der Waals surface area contributed by atoms with E-state index in [0.717, 1.165) is 5.56 Å². The minimum absolute atomic E-state index is 0.244. The molecule has 7 heteroatoms. The second kappa shape index (κ2) is 10.9. The van der Waals surface area contributed by atoms with Gasteiger partial charge >= 0.3 is 0 Å². The third-order valence-corrected chi connectivity index (χ3v) is 4.80. The summed E-state index contributed by atoms with van der Waals surface area (Å²) in [5.41, 5.74) is 1.79. The lowest BCUT2D eigenvalue weighted by atomic mass is 10.1. The van der Waals surface area contributed by atoms with Gasteiger partial charge in [0, 0.05) is 11.3 Å². The molecule has 0 fully saturated rings. The van der Waals surface area contributed by atoms with Crippen LogP contribution in [0.4, 0.5) is 5.69 Å². The first-order chi connectivity index (χ1) is 15.5. The third kappa shape index (κ3) is 5.78. The number of ether oxygens (including phenoxy) is 3. The third-order valence-electron chi connectivity index (χ3n) is 4.80. The van der Waals surface area contributed by atoms with Gasteiger partial charge in [0.25, 0.3) is 11.8 Å². The highest BCUT2D eigenvalue weighted by molar-refractivity contribution is 6.06. The van der Waals surface area contributed by atoms with E-state index in [1.165, 1.54) is 0 Å². The molecule has 7 nitrogen and oxygen atoms in total. The Kier molecular flexibility index (Phi) is 7.70. The number of carbonyl (C=O) groups excluding carboxylic acids is 2. The summed E-state index contributed by atoms with van der Waals surface area (Å²) in [5, 5.41) is 5.70. The van der Waals surface area contributed by atoms with E-state index >= 15 is 0 Å². The lowest BCUT2D eigenvalue weighted by Gasteiger charge is -2.18. The van der Waals surface area contributed by atoms with Crippen LogP contribution in [-0.4, -0.2) is 32.6 Å². The highest BCUT2D eigenvalue weighted by Crippen LogP contribution is 2.29. The largest absolute Gasteiger partial charge is 0.497 e. The summed E-state index contributed by atoms with van der Waals surface area (Å²) in [6.07, 6.45) is 0. The monoisotopic (exact) mass is 434 g/mol. The molecule has 0 aromatic heterocycles. The van der Waals surface area contributed by atoms with E-state index in [0.29, 0.717) is 28.5 Å². The van der Waals surface area contributed by atoms with Crippen molar-refractivity contribution >= 4 is 17.5 Å². The van der Waals surface area contributed by atoms with Gasteiger partial charge in [-0.05, 0) is 49.4 Å². The summed E-state index contributed by atoms with van der Waals surface area (Å²) >= 11 is 0. The summed E-state index contributed by atoms with van der Waals surface area (Å²) < 4.78 is 16.3. The van der Waals surface area contributed by atoms with Gasteiger partial charge in [0.2, 0.25) is 0 Å². The molecular weight excluding hydrogens is 408 g/mol. The van der Waals surface area contributed by atoms with Gasteiger partial charge in [0.05, 0.1) is 25.8 Å². The quantitative estimate of drug-likeness (QED) is 0.527. The van der Waals surface area contributed by atoms with Crippen molar-refractivity contribution in [1.82, 2.24) is 5.32 Å². The Bertz CT molecular complexity index is 1070. The van der Waals surface area contributed by atoms with Crippen LogP contribution in [0.1, 0.15) is 28.9 Å². The van der Waals surface area contributed by atoms with Gasteiger partial charge in [-0.25, -0.2) is 0 Å². The van der Waals surface area contributed by atoms with Crippen LogP contribution >= 0.6 is 0 Å². The fourth-order valence-corrected chi connectivity index (χ4v) is 3.18. The smallest absolute Gasteiger partial charge is 0.259 e. The van der Waals surface area contributed by atoms with Crippen molar-refractivity contribution < 1.29 is 23.8 Å². The van der Waals surface area contributed by atoms with Gasteiger partial charge in [-0.1, -0.05) is 30.3 Å². The molecule has 0 heterocycles. The van der Waals surface area contributed by atoms with Crippen LogP contribution in [-0.2, 0) is 4.79 Å². The van der Waals surface area contributed by atoms with Crippen molar-refractivity contribution in [1.29, 1.82) is 0 Å². The highest BCUT2D eigenvalue weighted by Gasteiger charge is 2.17. The molecule has 0 saturated heterocycles. The molecule has 166 valence electrons. The summed E-state index contributed by atoms with van der Waals surface area (Å²) in [7, 11) is 3.15. The van der Waals surface area contributed by atoms with Gasteiger partial charge in [-0.15, -0.1) is 0 Å². The molecule has 1 atom stereocenters. The average Bonchev–Trinajstić information content (AvgIpc) is 2.83. The molecule has 3 aromatic carbocycles. The van der Waals surface area contributed by atoms with Crippen LogP contribution in [0.3, 0.4) is 0 Å². The predicted molar refractivity (Wildman–Crippen MR) is 122 cm³/mol. The lowest BCUT2D eigenvalue weighted by Crippen LogP contribution is -2.31. The number of carbonyl (C=O) groups is 2. The number of rotatable bonds is 9. The number of methoxy groups -OCH3 is 2.